The summed E-state index contributed by atoms with van der Waals surface area (Å²) < 4.78 is 13.9. The van der Waals surface area contributed by atoms with E-state index in [1.165, 1.54) is 0 Å². The summed E-state index contributed by atoms with van der Waals surface area (Å²) in [5, 5.41) is 0.507. The maximum atomic E-state index is 11.4. The fourth-order valence-electron chi connectivity index (χ4n) is 1.24. The monoisotopic (exact) mass is 303 g/mol. The van der Waals surface area contributed by atoms with Crippen molar-refractivity contribution in [3.8, 4) is 0 Å². The minimum Gasteiger partial charge on any atom is -0.299 e. The van der Waals surface area contributed by atoms with Gasteiger partial charge in [0.1, 0.15) is 4.60 Å². The van der Waals surface area contributed by atoms with Gasteiger partial charge in [0.25, 0.3) is 0 Å². The summed E-state index contributed by atoms with van der Waals surface area (Å²) in [7, 11) is -1.12. The van der Waals surface area contributed by atoms with E-state index in [2.05, 4.69) is 25.9 Å². The normalized spacial score (nSPS) is 12.1. The van der Waals surface area contributed by atoms with Gasteiger partial charge in [0.05, 0.1) is 10.8 Å². The van der Waals surface area contributed by atoms with E-state index in [0.29, 0.717) is 15.3 Å². The molecule has 1 atom stereocenters. The molecular weight excluding hydrogens is 290 g/mol. The maximum Gasteiger partial charge on any atom is 0.172 e. The Kier molecular flexibility index (Phi) is 4.61. The molecule has 0 aliphatic heterocycles. The quantitative estimate of drug-likeness (QED) is 0.813. The van der Waals surface area contributed by atoms with Gasteiger partial charge in [0.15, 0.2) is 10.7 Å². The number of rotatable bonds is 1. The van der Waals surface area contributed by atoms with Gasteiger partial charge in [0.2, 0.25) is 0 Å². The van der Waals surface area contributed by atoms with Crippen LogP contribution in [0.25, 0.3) is 5.65 Å². The largest absolute Gasteiger partial charge is 0.299 e. The number of aromatic nitrogens is 3. The summed E-state index contributed by atoms with van der Waals surface area (Å²) in [5.74, 6) is 0. The maximum absolute atomic E-state index is 11.4. The minimum absolute atomic E-state index is 0.507. The van der Waals surface area contributed by atoms with Gasteiger partial charge in [0, 0.05) is 24.3 Å². The standard InChI is InChI=1S/C8H8BrN3OS.C2H6/c1-5-3-10-7-8(14(2)13)11-6(9)4-12(5)7;1-2/h3-4H,1-2H3;1-2H3. The molecule has 1 unspecified atom stereocenters. The first-order valence-electron chi connectivity index (χ1n) is 4.93. The highest BCUT2D eigenvalue weighted by molar-refractivity contribution is 9.10. The highest BCUT2D eigenvalue weighted by atomic mass is 79.9. The number of fused-ring (bicyclic) bond motifs is 1. The van der Waals surface area contributed by atoms with Gasteiger partial charge in [-0.2, -0.15) is 0 Å². The number of imidazole rings is 1. The Morgan fingerprint density at radius 3 is 2.62 bits per heavy atom. The van der Waals surface area contributed by atoms with E-state index >= 15 is 0 Å². The predicted molar refractivity (Wildman–Crippen MR) is 69.1 cm³/mol. The molecule has 0 bridgehead atoms. The van der Waals surface area contributed by atoms with Crippen LogP contribution in [0, 0.1) is 6.92 Å². The molecule has 0 spiro atoms. The van der Waals surface area contributed by atoms with E-state index in [1.54, 1.807) is 12.5 Å². The molecule has 0 saturated heterocycles. The highest BCUT2D eigenvalue weighted by Crippen LogP contribution is 2.16. The lowest BCUT2D eigenvalue weighted by Crippen LogP contribution is -1.99. The summed E-state index contributed by atoms with van der Waals surface area (Å²) in [6.45, 7) is 5.94. The smallest absolute Gasteiger partial charge is 0.172 e. The van der Waals surface area contributed by atoms with E-state index in [1.807, 2.05) is 31.4 Å². The van der Waals surface area contributed by atoms with E-state index in [4.69, 9.17) is 0 Å². The van der Waals surface area contributed by atoms with Gasteiger partial charge in [-0.15, -0.1) is 0 Å². The number of hydrogen-bond donors (Lipinski definition) is 0. The Hall–Kier alpha value is -0.750. The third-order valence-electron chi connectivity index (χ3n) is 1.89. The van der Waals surface area contributed by atoms with Crippen molar-refractivity contribution in [3.63, 3.8) is 0 Å². The van der Waals surface area contributed by atoms with Crippen LogP contribution in [0.4, 0.5) is 0 Å². The van der Waals surface area contributed by atoms with Gasteiger partial charge < -0.3 is 0 Å². The van der Waals surface area contributed by atoms with Crippen LogP contribution in [0.1, 0.15) is 19.5 Å². The van der Waals surface area contributed by atoms with Gasteiger partial charge in [-0.1, -0.05) is 13.8 Å². The van der Waals surface area contributed by atoms with Crippen LogP contribution in [0.5, 0.6) is 0 Å². The van der Waals surface area contributed by atoms with Crippen LogP contribution >= 0.6 is 15.9 Å². The number of nitrogens with zero attached hydrogens (tertiary/aromatic N) is 3. The van der Waals surface area contributed by atoms with Crippen molar-refractivity contribution in [2.24, 2.45) is 0 Å². The molecule has 0 aromatic carbocycles. The zero-order valence-electron chi connectivity index (χ0n) is 9.69. The van der Waals surface area contributed by atoms with Gasteiger partial charge >= 0.3 is 0 Å². The Labute approximate surface area is 106 Å². The molecule has 4 nitrogen and oxygen atoms in total. The lowest BCUT2D eigenvalue weighted by atomic mass is 10.5. The molecule has 2 rings (SSSR count). The summed E-state index contributed by atoms with van der Waals surface area (Å²) in [4.78, 5) is 8.31. The summed E-state index contributed by atoms with van der Waals surface area (Å²) in [6.07, 6.45) is 5.15. The Morgan fingerprint density at radius 2 is 2.06 bits per heavy atom. The van der Waals surface area contributed by atoms with Crippen LogP contribution in [0.3, 0.4) is 0 Å². The molecule has 2 heterocycles. The van der Waals surface area contributed by atoms with E-state index in [0.717, 1.165) is 5.69 Å². The Balaban J connectivity index is 0.000000606. The molecule has 0 aliphatic rings. The van der Waals surface area contributed by atoms with Gasteiger partial charge in [-0.3, -0.25) is 8.61 Å². The van der Waals surface area contributed by atoms with Crippen molar-refractivity contribution >= 4 is 32.4 Å². The van der Waals surface area contributed by atoms with Crippen LogP contribution in [-0.4, -0.2) is 24.8 Å². The number of hydrogen-bond acceptors (Lipinski definition) is 3. The first kappa shape index (κ1) is 13.3. The fraction of sp³-hybridized carbons (Fsp3) is 0.400. The lowest BCUT2D eigenvalue weighted by molar-refractivity contribution is 0.684. The molecule has 0 radical (unpaired) electrons. The number of aryl methyl sites for hydroxylation is 1. The molecule has 88 valence electrons. The SMILES string of the molecule is CC.Cc1cnc2c(S(C)=O)nc(Br)cn12. The Morgan fingerprint density at radius 1 is 1.44 bits per heavy atom. The molecule has 0 N–H and O–H groups in total. The Bertz CT molecular complexity index is 524. The van der Waals surface area contributed by atoms with Gasteiger partial charge in [-0.05, 0) is 22.9 Å². The van der Waals surface area contributed by atoms with Crippen LogP contribution < -0.4 is 0 Å². The van der Waals surface area contributed by atoms with Crippen LogP contribution in [0.2, 0.25) is 0 Å². The molecule has 0 aliphatic carbocycles. The zero-order valence-corrected chi connectivity index (χ0v) is 12.1. The lowest BCUT2D eigenvalue weighted by Gasteiger charge is -2.01. The van der Waals surface area contributed by atoms with Crippen LogP contribution in [0.15, 0.2) is 22.0 Å². The molecule has 0 amide bonds. The summed E-state index contributed by atoms with van der Waals surface area (Å²) in [5.41, 5.74) is 1.65. The van der Waals surface area contributed by atoms with Gasteiger partial charge in [-0.25, -0.2) is 9.97 Å². The summed E-state index contributed by atoms with van der Waals surface area (Å²) in [6, 6.07) is 0. The van der Waals surface area contributed by atoms with Crippen molar-refractivity contribution in [1.82, 2.24) is 14.4 Å². The van der Waals surface area contributed by atoms with Crippen molar-refractivity contribution < 1.29 is 4.21 Å². The first-order chi connectivity index (χ1) is 7.59. The second-order valence-corrected chi connectivity index (χ2v) is 5.02. The third kappa shape index (κ3) is 2.49. The second-order valence-electron chi connectivity index (χ2n) is 2.92. The molecule has 16 heavy (non-hydrogen) atoms. The van der Waals surface area contributed by atoms with Crippen molar-refractivity contribution in [2.45, 2.75) is 25.8 Å². The van der Waals surface area contributed by atoms with Crippen LogP contribution in [-0.2, 0) is 10.8 Å². The van der Waals surface area contributed by atoms with E-state index in [9.17, 15) is 4.21 Å². The molecule has 2 aromatic rings. The number of halogens is 1. The minimum atomic E-state index is -1.12. The fourth-order valence-corrected chi connectivity index (χ4v) is 2.38. The van der Waals surface area contributed by atoms with Crippen molar-refractivity contribution in [1.29, 1.82) is 0 Å². The zero-order chi connectivity index (χ0) is 12.3. The van der Waals surface area contributed by atoms with Crippen molar-refractivity contribution in [3.05, 3.63) is 22.7 Å². The molecule has 0 saturated carbocycles. The molecular formula is C10H14BrN3OS. The van der Waals surface area contributed by atoms with E-state index in [-0.39, 0.29) is 0 Å². The third-order valence-corrected chi connectivity index (χ3v) is 3.09. The average molecular weight is 304 g/mol. The first-order valence-corrected chi connectivity index (χ1v) is 7.28. The summed E-state index contributed by atoms with van der Waals surface area (Å²) >= 11 is 3.28. The second kappa shape index (κ2) is 5.54. The van der Waals surface area contributed by atoms with Crippen molar-refractivity contribution in [2.75, 3.05) is 6.26 Å². The highest BCUT2D eigenvalue weighted by Gasteiger charge is 2.11. The molecule has 0 fully saturated rings. The van der Waals surface area contributed by atoms with E-state index < -0.39 is 10.8 Å². The topological polar surface area (TPSA) is 47.3 Å². The molecule has 6 heteroatoms. The molecule has 2 aromatic heterocycles. The predicted octanol–water partition coefficient (Wildman–Crippen LogP) is 2.56. The average Bonchev–Trinajstić information content (AvgIpc) is 2.62.